The summed E-state index contributed by atoms with van der Waals surface area (Å²) < 4.78 is 0. The van der Waals surface area contributed by atoms with Crippen molar-refractivity contribution in [1.82, 2.24) is 20.2 Å². The molecule has 0 fully saturated rings. The summed E-state index contributed by atoms with van der Waals surface area (Å²) in [5.41, 5.74) is 3.04. The van der Waals surface area contributed by atoms with Crippen molar-refractivity contribution in [2.45, 2.75) is 13.5 Å². The maximum Gasteiger partial charge on any atom is 0.259 e. The van der Waals surface area contributed by atoms with Crippen molar-refractivity contribution in [3.8, 4) is 0 Å². The van der Waals surface area contributed by atoms with Crippen LogP contribution in [0.1, 0.15) is 21.1 Å². The van der Waals surface area contributed by atoms with E-state index in [-0.39, 0.29) is 5.91 Å². The largest absolute Gasteiger partial charge is 0.354 e. The van der Waals surface area contributed by atoms with Crippen LogP contribution in [0, 0.1) is 6.92 Å². The van der Waals surface area contributed by atoms with Gasteiger partial charge in [0.25, 0.3) is 5.91 Å². The number of hydrogen-bond donors (Lipinski definition) is 1. The number of hydrogen-bond acceptors (Lipinski definition) is 8. The number of anilines is 2. The summed E-state index contributed by atoms with van der Waals surface area (Å²) >= 11 is 2.90. The molecule has 3 aromatic heterocycles. The van der Waals surface area contributed by atoms with Crippen LogP contribution in [-0.4, -0.2) is 33.1 Å². The molecular weight excluding hydrogens is 332 g/mol. The zero-order valence-corrected chi connectivity index (χ0v) is 14.2. The Hall–Kier alpha value is -2.39. The molecule has 9 heteroatoms. The highest BCUT2D eigenvalue weighted by atomic mass is 32.1. The van der Waals surface area contributed by atoms with Crippen LogP contribution in [0.25, 0.3) is 0 Å². The van der Waals surface area contributed by atoms with Crippen molar-refractivity contribution in [3.63, 3.8) is 0 Å². The van der Waals surface area contributed by atoms with Crippen LogP contribution in [0.15, 0.2) is 29.2 Å². The lowest BCUT2D eigenvalue weighted by Gasteiger charge is -2.16. The Kier molecular flexibility index (Phi) is 4.58. The van der Waals surface area contributed by atoms with E-state index in [1.807, 2.05) is 30.3 Å². The van der Waals surface area contributed by atoms with E-state index in [2.05, 4.69) is 25.5 Å². The minimum atomic E-state index is -0.251. The first-order valence-electron chi connectivity index (χ1n) is 6.77. The molecule has 0 aliphatic heterocycles. The van der Waals surface area contributed by atoms with Crippen LogP contribution in [0.2, 0.25) is 0 Å². The van der Waals surface area contributed by atoms with Gasteiger partial charge in [-0.15, -0.1) is 21.5 Å². The van der Waals surface area contributed by atoms with Crippen molar-refractivity contribution >= 4 is 39.5 Å². The fraction of sp³-hybridized carbons (Fsp3) is 0.214. The summed E-state index contributed by atoms with van der Waals surface area (Å²) in [6.45, 7) is 2.66. The lowest BCUT2D eigenvalue weighted by atomic mass is 10.2. The first kappa shape index (κ1) is 15.5. The number of thiazole rings is 1. The van der Waals surface area contributed by atoms with Crippen LogP contribution < -0.4 is 10.2 Å². The highest BCUT2D eigenvalue weighted by Crippen LogP contribution is 2.16. The molecule has 0 aliphatic rings. The number of nitrogens with one attached hydrogen (secondary N) is 1. The van der Waals surface area contributed by atoms with E-state index in [1.165, 1.54) is 11.3 Å². The number of carbonyl (C=O) groups excluding carboxylic acids is 1. The van der Waals surface area contributed by atoms with Gasteiger partial charge in [0.2, 0.25) is 5.13 Å². The molecular formula is C14H14N6OS2. The second-order valence-electron chi connectivity index (χ2n) is 4.82. The molecule has 0 spiro atoms. The lowest BCUT2D eigenvalue weighted by molar-refractivity contribution is 0.102. The third kappa shape index (κ3) is 3.88. The van der Waals surface area contributed by atoms with E-state index < -0.39 is 0 Å². The van der Waals surface area contributed by atoms with Gasteiger partial charge in [-0.05, 0) is 19.1 Å². The molecule has 3 heterocycles. The fourth-order valence-electron chi connectivity index (χ4n) is 1.95. The molecule has 1 N–H and O–H groups in total. The number of pyridine rings is 1. The number of aromatic nitrogens is 4. The Balaban J connectivity index is 1.65. The predicted molar refractivity (Wildman–Crippen MR) is 91.1 cm³/mol. The average Bonchev–Trinajstić information content (AvgIpc) is 3.19. The Bertz CT molecular complexity index is 784. The molecule has 0 saturated carbocycles. The third-order valence-corrected chi connectivity index (χ3v) is 4.48. The van der Waals surface area contributed by atoms with Gasteiger partial charge in [-0.25, -0.2) is 9.97 Å². The first-order chi connectivity index (χ1) is 11.1. The standard InChI is InChI=1S/C14H14N6OS2/c1-9-17-11(7-22-9)6-20(2)12-4-3-10(5-15-12)13(21)18-14-19-16-8-23-14/h3-5,7-8H,6H2,1-2H3,(H,18,19,21). The highest BCUT2D eigenvalue weighted by Gasteiger charge is 2.10. The van der Waals surface area contributed by atoms with Gasteiger partial charge < -0.3 is 4.90 Å². The number of nitrogens with zero attached hydrogens (tertiary/aromatic N) is 5. The van der Waals surface area contributed by atoms with E-state index in [0.29, 0.717) is 17.2 Å². The molecule has 0 aromatic carbocycles. The molecule has 3 aromatic rings. The van der Waals surface area contributed by atoms with Gasteiger partial charge in [0.05, 0.1) is 22.8 Å². The van der Waals surface area contributed by atoms with E-state index in [4.69, 9.17) is 0 Å². The normalized spacial score (nSPS) is 10.5. The molecule has 23 heavy (non-hydrogen) atoms. The lowest BCUT2D eigenvalue weighted by Crippen LogP contribution is -2.18. The first-order valence-corrected chi connectivity index (χ1v) is 8.53. The summed E-state index contributed by atoms with van der Waals surface area (Å²) in [5.74, 6) is 0.529. The molecule has 0 atom stereocenters. The summed E-state index contributed by atoms with van der Waals surface area (Å²) in [5, 5.41) is 13.7. The number of aryl methyl sites for hydroxylation is 1. The van der Waals surface area contributed by atoms with Gasteiger partial charge in [0.1, 0.15) is 11.3 Å². The minimum Gasteiger partial charge on any atom is -0.354 e. The molecule has 0 saturated heterocycles. The molecule has 0 radical (unpaired) electrons. The molecule has 0 aliphatic carbocycles. The highest BCUT2D eigenvalue weighted by molar-refractivity contribution is 7.13. The van der Waals surface area contributed by atoms with Gasteiger partial charge in [0.15, 0.2) is 0 Å². The predicted octanol–water partition coefficient (Wildman–Crippen LogP) is 2.59. The third-order valence-electron chi connectivity index (χ3n) is 3.05. The van der Waals surface area contributed by atoms with E-state index >= 15 is 0 Å². The number of amides is 1. The van der Waals surface area contributed by atoms with Gasteiger partial charge >= 0.3 is 0 Å². The Morgan fingerprint density at radius 2 is 2.22 bits per heavy atom. The zero-order valence-electron chi connectivity index (χ0n) is 12.6. The monoisotopic (exact) mass is 346 g/mol. The van der Waals surface area contributed by atoms with Crippen molar-refractivity contribution in [3.05, 3.63) is 45.5 Å². The van der Waals surface area contributed by atoms with Crippen LogP contribution in [-0.2, 0) is 6.54 Å². The smallest absolute Gasteiger partial charge is 0.259 e. The summed E-state index contributed by atoms with van der Waals surface area (Å²) in [6, 6.07) is 3.55. The number of carbonyl (C=O) groups is 1. The summed E-state index contributed by atoms with van der Waals surface area (Å²) in [6.07, 6.45) is 1.55. The van der Waals surface area contributed by atoms with E-state index in [9.17, 15) is 4.79 Å². The van der Waals surface area contributed by atoms with Crippen LogP contribution >= 0.6 is 22.7 Å². The summed E-state index contributed by atoms with van der Waals surface area (Å²) in [7, 11) is 1.94. The van der Waals surface area contributed by atoms with Gasteiger partial charge in [0, 0.05) is 18.6 Å². The van der Waals surface area contributed by atoms with E-state index in [1.54, 1.807) is 29.1 Å². The van der Waals surface area contributed by atoms with Gasteiger partial charge in [-0.2, -0.15) is 0 Å². The second-order valence-corrected chi connectivity index (χ2v) is 6.71. The van der Waals surface area contributed by atoms with Crippen LogP contribution in [0.5, 0.6) is 0 Å². The van der Waals surface area contributed by atoms with Gasteiger partial charge in [-0.3, -0.25) is 10.1 Å². The van der Waals surface area contributed by atoms with Crippen molar-refractivity contribution in [2.75, 3.05) is 17.3 Å². The zero-order chi connectivity index (χ0) is 16.2. The maximum atomic E-state index is 12.1. The van der Waals surface area contributed by atoms with Crippen LogP contribution in [0.3, 0.4) is 0 Å². The fourth-order valence-corrected chi connectivity index (χ4v) is 2.99. The topological polar surface area (TPSA) is 83.9 Å². The Morgan fingerprint density at radius 1 is 1.35 bits per heavy atom. The van der Waals surface area contributed by atoms with Gasteiger partial charge in [-0.1, -0.05) is 11.3 Å². The number of rotatable bonds is 5. The SMILES string of the molecule is Cc1nc(CN(C)c2ccc(C(=O)Nc3nncs3)cn2)cs1. The van der Waals surface area contributed by atoms with Crippen molar-refractivity contribution in [1.29, 1.82) is 0 Å². The second kappa shape index (κ2) is 6.80. The quantitative estimate of drug-likeness (QED) is 0.764. The summed E-state index contributed by atoms with van der Waals surface area (Å²) in [4.78, 5) is 22.8. The molecule has 7 nitrogen and oxygen atoms in total. The molecule has 0 bridgehead atoms. The average molecular weight is 346 g/mol. The van der Waals surface area contributed by atoms with Crippen LogP contribution in [0.4, 0.5) is 10.9 Å². The molecule has 0 unspecified atom stereocenters. The molecule has 1 amide bonds. The van der Waals surface area contributed by atoms with Crippen molar-refractivity contribution in [2.24, 2.45) is 0 Å². The van der Waals surface area contributed by atoms with Crippen molar-refractivity contribution < 1.29 is 4.79 Å². The van der Waals surface area contributed by atoms with E-state index in [0.717, 1.165) is 16.5 Å². The molecule has 118 valence electrons. The minimum absolute atomic E-state index is 0.251. The molecule has 3 rings (SSSR count). The maximum absolute atomic E-state index is 12.1. The Morgan fingerprint density at radius 3 is 2.83 bits per heavy atom. The Labute approximate surface area is 141 Å².